The molecule has 18 heavy (non-hydrogen) atoms. The molecule has 0 radical (unpaired) electrons. The molecular formula is C14H10N4. The zero-order valence-corrected chi connectivity index (χ0v) is 9.51. The lowest BCUT2D eigenvalue weighted by Crippen LogP contribution is -2.02. The maximum absolute atomic E-state index is 9.09. The number of nitriles is 2. The van der Waals surface area contributed by atoms with Crippen LogP contribution in [0, 0.1) is 22.7 Å². The normalized spacial score (nSPS) is 9.44. The summed E-state index contributed by atoms with van der Waals surface area (Å²) < 4.78 is 0. The molecule has 2 rings (SSSR count). The summed E-state index contributed by atoms with van der Waals surface area (Å²) in [4.78, 5) is 0. The summed E-state index contributed by atoms with van der Waals surface area (Å²) in [5.41, 5.74) is 14.1. The van der Waals surface area contributed by atoms with Gasteiger partial charge in [-0.05, 0) is 11.6 Å². The topological polar surface area (TPSA) is 99.6 Å². The van der Waals surface area contributed by atoms with E-state index in [9.17, 15) is 0 Å². The van der Waals surface area contributed by atoms with Gasteiger partial charge < -0.3 is 11.5 Å². The van der Waals surface area contributed by atoms with Gasteiger partial charge in [0.15, 0.2) is 0 Å². The highest BCUT2D eigenvalue weighted by atomic mass is 14.6. The number of nitrogens with two attached hydrogens (primary N) is 2. The quantitative estimate of drug-likeness (QED) is 0.739. The Labute approximate surface area is 105 Å². The van der Waals surface area contributed by atoms with Crippen LogP contribution in [0.1, 0.15) is 11.1 Å². The summed E-state index contributed by atoms with van der Waals surface area (Å²) in [5.74, 6) is 0. The molecule has 0 unspecified atom stereocenters. The van der Waals surface area contributed by atoms with E-state index in [1.165, 1.54) is 0 Å². The standard InChI is InChI=1S/C14H10N4/c15-7-11-12(8-16)14(18)10(6-13(11)17)9-4-2-1-3-5-9/h1-6H,17-18H2. The zero-order chi connectivity index (χ0) is 13.1. The van der Waals surface area contributed by atoms with E-state index in [4.69, 9.17) is 22.0 Å². The van der Waals surface area contributed by atoms with E-state index < -0.39 is 0 Å². The van der Waals surface area contributed by atoms with Gasteiger partial charge in [-0.25, -0.2) is 0 Å². The van der Waals surface area contributed by atoms with Gasteiger partial charge in [-0.2, -0.15) is 10.5 Å². The molecular weight excluding hydrogens is 224 g/mol. The highest BCUT2D eigenvalue weighted by molar-refractivity contribution is 5.87. The molecule has 4 nitrogen and oxygen atoms in total. The van der Waals surface area contributed by atoms with E-state index in [2.05, 4.69) is 0 Å². The van der Waals surface area contributed by atoms with E-state index in [1.54, 1.807) is 6.07 Å². The molecule has 0 aliphatic carbocycles. The van der Waals surface area contributed by atoms with Gasteiger partial charge in [0.25, 0.3) is 0 Å². The first-order valence-corrected chi connectivity index (χ1v) is 5.26. The molecule has 0 aliphatic rings. The monoisotopic (exact) mass is 234 g/mol. The number of anilines is 2. The first kappa shape index (κ1) is 11.5. The first-order valence-electron chi connectivity index (χ1n) is 5.26. The van der Waals surface area contributed by atoms with Gasteiger partial charge in [0, 0.05) is 5.56 Å². The second-order valence-corrected chi connectivity index (χ2v) is 3.77. The van der Waals surface area contributed by atoms with Crippen molar-refractivity contribution in [2.24, 2.45) is 0 Å². The van der Waals surface area contributed by atoms with Crippen LogP contribution >= 0.6 is 0 Å². The minimum absolute atomic E-state index is 0.134. The van der Waals surface area contributed by atoms with Crippen LogP contribution in [-0.4, -0.2) is 0 Å². The molecule has 4 heteroatoms. The number of nitrogen functional groups attached to an aromatic ring is 2. The second kappa shape index (κ2) is 4.48. The lowest BCUT2D eigenvalue weighted by atomic mass is 9.96. The maximum Gasteiger partial charge on any atom is 0.103 e. The Morgan fingerprint density at radius 3 is 2.06 bits per heavy atom. The average Bonchev–Trinajstić information content (AvgIpc) is 2.41. The fourth-order valence-corrected chi connectivity index (χ4v) is 1.81. The molecule has 4 N–H and O–H groups in total. The Kier molecular flexibility index (Phi) is 2.87. The molecule has 0 bridgehead atoms. The first-order chi connectivity index (χ1) is 8.69. The van der Waals surface area contributed by atoms with Crippen LogP contribution in [0.25, 0.3) is 11.1 Å². The van der Waals surface area contributed by atoms with Gasteiger partial charge in [0.1, 0.15) is 12.1 Å². The summed E-state index contributed by atoms with van der Waals surface area (Å²) >= 11 is 0. The molecule has 0 atom stereocenters. The third-order valence-corrected chi connectivity index (χ3v) is 2.71. The molecule has 2 aromatic rings. The lowest BCUT2D eigenvalue weighted by Gasteiger charge is -2.10. The third kappa shape index (κ3) is 1.73. The predicted molar refractivity (Wildman–Crippen MR) is 70.1 cm³/mol. The van der Waals surface area contributed by atoms with E-state index >= 15 is 0 Å². The van der Waals surface area contributed by atoms with Gasteiger partial charge in [0.05, 0.1) is 22.5 Å². The van der Waals surface area contributed by atoms with Crippen molar-refractivity contribution in [1.29, 1.82) is 10.5 Å². The van der Waals surface area contributed by atoms with Gasteiger partial charge >= 0.3 is 0 Å². The van der Waals surface area contributed by atoms with Crippen molar-refractivity contribution in [3.05, 3.63) is 47.5 Å². The molecule has 2 aromatic carbocycles. The van der Waals surface area contributed by atoms with Gasteiger partial charge in [-0.1, -0.05) is 30.3 Å². The number of nitrogens with zero attached hydrogens (tertiary/aromatic N) is 2. The number of hydrogen-bond acceptors (Lipinski definition) is 4. The summed E-state index contributed by atoms with van der Waals surface area (Å²) in [6.45, 7) is 0. The van der Waals surface area contributed by atoms with Crippen LogP contribution in [-0.2, 0) is 0 Å². The highest BCUT2D eigenvalue weighted by Crippen LogP contribution is 2.33. The van der Waals surface area contributed by atoms with E-state index in [1.807, 2.05) is 42.5 Å². The van der Waals surface area contributed by atoms with Crippen LogP contribution in [0.3, 0.4) is 0 Å². The number of hydrogen-bond donors (Lipinski definition) is 2. The summed E-state index contributed by atoms with van der Waals surface area (Å²) in [6.07, 6.45) is 0. The Morgan fingerprint density at radius 1 is 0.889 bits per heavy atom. The van der Waals surface area contributed by atoms with Crippen molar-refractivity contribution in [3.8, 4) is 23.3 Å². The number of benzene rings is 2. The molecule has 0 aromatic heterocycles. The van der Waals surface area contributed by atoms with E-state index in [0.717, 1.165) is 5.56 Å². The molecule has 0 fully saturated rings. The van der Waals surface area contributed by atoms with Crippen molar-refractivity contribution >= 4 is 11.4 Å². The van der Waals surface area contributed by atoms with Gasteiger partial charge in [-0.15, -0.1) is 0 Å². The fraction of sp³-hybridized carbons (Fsp3) is 0. The lowest BCUT2D eigenvalue weighted by molar-refractivity contribution is 1.43. The Bertz CT molecular complexity index is 676. The maximum atomic E-state index is 9.09. The minimum Gasteiger partial charge on any atom is -0.398 e. The fourth-order valence-electron chi connectivity index (χ4n) is 1.81. The highest BCUT2D eigenvalue weighted by Gasteiger charge is 2.15. The molecule has 0 saturated carbocycles. The summed E-state index contributed by atoms with van der Waals surface area (Å²) in [5, 5.41) is 18.1. The predicted octanol–water partition coefficient (Wildman–Crippen LogP) is 2.26. The molecule has 0 saturated heterocycles. The van der Waals surface area contributed by atoms with Crippen LogP contribution in [0.2, 0.25) is 0 Å². The summed E-state index contributed by atoms with van der Waals surface area (Å²) in [7, 11) is 0. The smallest absolute Gasteiger partial charge is 0.103 e. The molecule has 0 aliphatic heterocycles. The molecule has 0 spiro atoms. The number of rotatable bonds is 1. The van der Waals surface area contributed by atoms with Crippen molar-refractivity contribution in [3.63, 3.8) is 0 Å². The van der Waals surface area contributed by atoms with Crippen LogP contribution in [0.5, 0.6) is 0 Å². The van der Waals surface area contributed by atoms with E-state index in [-0.39, 0.29) is 22.5 Å². The van der Waals surface area contributed by atoms with Gasteiger partial charge in [0.2, 0.25) is 0 Å². The van der Waals surface area contributed by atoms with Gasteiger partial charge in [-0.3, -0.25) is 0 Å². The van der Waals surface area contributed by atoms with Crippen molar-refractivity contribution in [1.82, 2.24) is 0 Å². The SMILES string of the molecule is N#Cc1c(N)cc(-c2ccccc2)c(N)c1C#N. The van der Waals surface area contributed by atoms with Crippen LogP contribution in [0.4, 0.5) is 11.4 Å². The Balaban J connectivity index is 2.78. The Hall–Kier alpha value is -2.98. The van der Waals surface area contributed by atoms with E-state index in [0.29, 0.717) is 5.56 Å². The molecule has 0 heterocycles. The van der Waals surface area contributed by atoms with Crippen LogP contribution in [0.15, 0.2) is 36.4 Å². The van der Waals surface area contributed by atoms with Crippen molar-refractivity contribution in [2.75, 3.05) is 11.5 Å². The van der Waals surface area contributed by atoms with Crippen molar-refractivity contribution in [2.45, 2.75) is 0 Å². The molecule has 86 valence electrons. The molecule has 0 amide bonds. The van der Waals surface area contributed by atoms with Crippen LogP contribution < -0.4 is 11.5 Å². The zero-order valence-electron chi connectivity index (χ0n) is 9.51. The summed E-state index contributed by atoms with van der Waals surface area (Å²) in [6, 6.07) is 14.8. The third-order valence-electron chi connectivity index (χ3n) is 2.71. The minimum atomic E-state index is 0.134. The Morgan fingerprint density at radius 2 is 1.50 bits per heavy atom. The van der Waals surface area contributed by atoms with Crippen molar-refractivity contribution < 1.29 is 0 Å². The second-order valence-electron chi connectivity index (χ2n) is 3.77. The average molecular weight is 234 g/mol. The largest absolute Gasteiger partial charge is 0.398 e.